The van der Waals surface area contributed by atoms with Gasteiger partial charge in [-0.3, -0.25) is 4.79 Å². The number of carbonyl (C=O) groups is 1. The number of amides is 1. The van der Waals surface area contributed by atoms with Gasteiger partial charge in [0.2, 0.25) is 5.91 Å². The van der Waals surface area contributed by atoms with Gasteiger partial charge in [0.15, 0.2) is 8.32 Å². The van der Waals surface area contributed by atoms with Gasteiger partial charge in [-0.25, -0.2) is 0 Å². The van der Waals surface area contributed by atoms with Crippen LogP contribution in [0.15, 0.2) is 30.3 Å². The SMILES string of the molecule is CC(C)(C)[Si](C)(C)O[C@@H](c1ccccc1)[C@H]1NC(=O)[C@@H]1Br. The first-order valence-corrected chi connectivity index (χ1v) is 11.1. The zero-order valence-corrected chi connectivity index (χ0v) is 15.9. The monoisotopic (exact) mass is 369 g/mol. The molecule has 1 saturated heterocycles. The lowest BCUT2D eigenvalue weighted by molar-refractivity contribution is -0.129. The van der Waals surface area contributed by atoms with Crippen molar-refractivity contribution in [3.8, 4) is 0 Å². The third kappa shape index (κ3) is 3.41. The van der Waals surface area contributed by atoms with E-state index in [1.54, 1.807) is 0 Å². The number of benzene rings is 1. The summed E-state index contributed by atoms with van der Waals surface area (Å²) in [6.45, 7) is 11.2. The van der Waals surface area contributed by atoms with Crippen molar-refractivity contribution in [1.82, 2.24) is 5.32 Å². The van der Waals surface area contributed by atoms with Gasteiger partial charge in [0.25, 0.3) is 0 Å². The van der Waals surface area contributed by atoms with Gasteiger partial charge < -0.3 is 9.74 Å². The van der Waals surface area contributed by atoms with Crippen LogP contribution in [0.2, 0.25) is 18.1 Å². The van der Waals surface area contributed by atoms with Crippen molar-refractivity contribution in [1.29, 1.82) is 0 Å². The van der Waals surface area contributed by atoms with E-state index in [0.29, 0.717) is 0 Å². The Morgan fingerprint density at radius 2 is 1.81 bits per heavy atom. The number of rotatable bonds is 4. The Bertz CT molecular complexity index is 513. The van der Waals surface area contributed by atoms with Crippen LogP contribution in [0.3, 0.4) is 0 Å². The number of β-lactam (4-membered cyclic amide) rings is 1. The molecular formula is C16H24BrNO2Si. The van der Waals surface area contributed by atoms with E-state index in [4.69, 9.17) is 4.43 Å². The van der Waals surface area contributed by atoms with Crippen LogP contribution in [-0.2, 0) is 9.22 Å². The highest BCUT2D eigenvalue weighted by atomic mass is 79.9. The van der Waals surface area contributed by atoms with E-state index in [0.717, 1.165) is 5.56 Å². The van der Waals surface area contributed by atoms with Crippen LogP contribution in [0.5, 0.6) is 0 Å². The molecule has 0 radical (unpaired) electrons. The van der Waals surface area contributed by atoms with Crippen LogP contribution < -0.4 is 5.32 Å². The van der Waals surface area contributed by atoms with Gasteiger partial charge >= 0.3 is 0 Å². The molecule has 1 aliphatic heterocycles. The maximum atomic E-state index is 11.5. The minimum absolute atomic E-state index is 0.00553. The molecule has 0 saturated carbocycles. The number of carbonyl (C=O) groups excluding carboxylic acids is 1. The first kappa shape index (κ1) is 16.7. The van der Waals surface area contributed by atoms with Crippen LogP contribution in [0.4, 0.5) is 0 Å². The van der Waals surface area contributed by atoms with Crippen molar-refractivity contribution in [3.63, 3.8) is 0 Å². The van der Waals surface area contributed by atoms with Gasteiger partial charge in [0, 0.05) is 0 Å². The number of nitrogens with one attached hydrogen (secondary N) is 1. The van der Waals surface area contributed by atoms with E-state index in [9.17, 15) is 4.79 Å². The minimum Gasteiger partial charge on any atom is -0.408 e. The average molecular weight is 370 g/mol. The third-order valence-corrected chi connectivity index (χ3v) is 10.00. The van der Waals surface area contributed by atoms with Crippen LogP contribution in [-0.4, -0.2) is 25.1 Å². The van der Waals surface area contributed by atoms with Gasteiger partial charge in [-0.2, -0.15) is 0 Å². The van der Waals surface area contributed by atoms with Gasteiger partial charge in [0.1, 0.15) is 4.83 Å². The van der Waals surface area contributed by atoms with Crippen molar-refractivity contribution in [3.05, 3.63) is 35.9 Å². The van der Waals surface area contributed by atoms with Crippen LogP contribution in [0, 0.1) is 0 Å². The topological polar surface area (TPSA) is 38.3 Å². The molecular weight excluding hydrogens is 346 g/mol. The van der Waals surface area contributed by atoms with E-state index >= 15 is 0 Å². The Morgan fingerprint density at radius 1 is 1.24 bits per heavy atom. The summed E-state index contributed by atoms with van der Waals surface area (Å²) in [6, 6.07) is 10.2. The predicted octanol–water partition coefficient (Wildman–Crippen LogP) is 4.01. The minimum atomic E-state index is -1.92. The first-order valence-electron chi connectivity index (χ1n) is 7.31. The van der Waals surface area contributed by atoms with Crippen molar-refractivity contribution in [2.75, 3.05) is 0 Å². The molecule has 2 rings (SSSR count). The molecule has 0 bridgehead atoms. The first-order chi connectivity index (χ1) is 9.63. The summed E-state index contributed by atoms with van der Waals surface area (Å²) in [5, 5.41) is 3.11. The molecule has 21 heavy (non-hydrogen) atoms. The summed E-state index contributed by atoms with van der Waals surface area (Å²) in [7, 11) is -1.92. The molecule has 0 spiro atoms. The molecule has 3 atom stereocenters. The molecule has 116 valence electrons. The largest absolute Gasteiger partial charge is 0.408 e. The Balaban J connectivity index is 2.28. The fraction of sp³-hybridized carbons (Fsp3) is 0.562. The Hall–Kier alpha value is -0.653. The zero-order valence-electron chi connectivity index (χ0n) is 13.3. The summed E-state index contributed by atoms with van der Waals surface area (Å²) in [6.07, 6.45) is -0.103. The number of hydrogen-bond acceptors (Lipinski definition) is 2. The second-order valence-electron chi connectivity index (χ2n) is 7.15. The summed E-state index contributed by atoms with van der Waals surface area (Å²) in [5.41, 5.74) is 1.12. The lowest BCUT2D eigenvalue weighted by Gasteiger charge is -2.45. The molecule has 1 aromatic carbocycles. The normalized spacial score (nSPS) is 24.2. The Kier molecular flexibility index (Phi) is 4.66. The molecule has 1 aromatic rings. The van der Waals surface area contributed by atoms with Crippen molar-refractivity contribution in [2.24, 2.45) is 0 Å². The van der Waals surface area contributed by atoms with E-state index in [2.05, 4.69) is 67.2 Å². The lowest BCUT2D eigenvalue weighted by Crippen LogP contribution is -2.63. The highest BCUT2D eigenvalue weighted by molar-refractivity contribution is 9.10. The van der Waals surface area contributed by atoms with Crippen molar-refractivity contribution < 1.29 is 9.22 Å². The number of alkyl halides is 1. The average Bonchev–Trinajstić information content (AvgIpc) is 2.42. The summed E-state index contributed by atoms with van der Waals surface area (Å²) < 4.78 is 6.61. The fourth-order valence-electron chi connectivity index (χ4n) is 2.10. The van der Waals surface area contributed by atoms with E-state index < -0.39 is 8.32 Å². The Morgan fingerprint density at radius 3 is 2.24 bits per heavy atom. The number of halogens is 1. The molecule has 3 nitrogen and oxygen atoms in total. The summed E-state index contributed by atoms with van der Waals surface area (Å²) >= 11 is 3.47. The highest BCUT2D eigenvalue weighted by Gasteiger charge is 2.47. The predicted molar refractivity (Wildman–Crippen MR) is 92.1 cm³/mol. The molecule has 1 aliphatic rings. The quantitative estimate of drug-likeness (QED) is 0.494. The van der Waals surface area contributed by atoms with E-state index in [1.807, 2.05) is 18.2 Å². The zero-order chi connectivity index (χ0) is 15.8. The second-order valence-corrected chi connectivity index (χ2v) is 12.9. The smallest absolute Gasteiger partial charge is 0.236 e. The molecule has 1 heterocycles. The molecule has 1 N–H and O–H groups in total. The van der Waals surface area contributed by atoms with Crippen molar-refractivity contribution in [2.45, 2.75) is 55.9 Å². The third-order valence-electron chi connectivity index (χ3n) is 4.56. The second kappa shape index (κ2) is 5.86. The van der Waals surface area contributed by atoms with Gasteiger partial charge in [0.05, 0.1) is 12.1 Å². The van der Waals surface area contributed by atoms with Gasteiger partial charge in [-0.1, -0.05) is 67.0 Å². The maximum absolute atomic E-state index is 11.5. The fourth-order valence-corrected chi connectivity index (χ4v) is 3.91. The summed E-state index contributed by atoms with van der Waals surface area (Å²) in [4.78, 5) is 11.4. The van der Waals surface area contributed by atoms with Gasteiger partial charge in [-0.05, 0) is 23.7 Å². The Labute approximate surface area is 136 Å². The van der Waals surface area contributed by atoms with E-state index in [1.165, 1.54) is 0 Å². The van der Waals surface area contributed by atoms with Crippen LogP contribution in [0.25, 0.3) is 0 Å². The molecule has 1 fully saturated rings. The van der Waals surface area contributed by atoms with Crippen LogP contribution >= 0.6 is 15.9 Å². The molecule has 0 aliphatic carbocycles. The van der Waals surface area contributed by atoms with E-state index in [-0.39, 0.29) is 27.9 Å². The standard InChI is InChI=1S/C16H24BrNO2Si/c1-16(2,3)21(4,5)20-14(11-9-7-6-8-10-11)13-12(17)15(19)18-13/h6-10,12-14H,1-5H3,(H,18,19)/t12-,13+,14+/m1/s1. The molecule has 0 aromatic heterocycles. The lowest BCUT2D eigenvalue weighted by atomic mass is 9.94. The maximum Gasteiger partial charge on any atom is 0.236 e. The molecule has 1 amide bonds. The molecule has 5 heteroatoms. The van der Waals surface area contributed by atoms with Gasteiger partial charge in [-0.15, -0.1) is 0 Å². The van der Waals surface area contributed by atoms with Crippen molar-refractivity contribution >= 4 is 30.2 Å². The molecule has 0 unspecified atom stereocenters. The highest BCUT2D eigenvalue weighted by Crippen LogP contribution is 2.42. The summed E-state index contributed by atoms with van der Waals surface area (Å²) in [5.74, 6) is 0.0414. The van der Waals surface area contributed by atoms with Crippen LogP contribution in [0.1, 0.15) is 32.4 Å². The number of hydrogen-bond donors (Lipinski definition) is 1.